The van der Waals surface area contributed by atoms with Gasteiger partial charge < -0.3 is 0 Å². The summed E-state index contributed by atoms with van der Waals surface area (Å²) in [6, 6.07) is 4.81. The van der Waals surface area contributed by atoms with Crippen molar-refractivity contribution in [3.8, 4) is 0 Å². The molecule has 0 nitrogen and oxygen atoms in total. The van der Waals surface area contributed by atoms with E-state index in [-0.39, 0.29) is 0 Å². The van der Waals surface area contributed by atoms with Crippen molar-refractivity contribution in [2.75, 3.05) is 0 Å². The molecule has 0 N–H and O–H groups in total. The van der Waals surface area contributed by atoms with Gasteiger partial charge in [-0.3, -0.25) is 0 Å². The summed E-state index contributed by atoms with van der Waals surface area (Å²) < 4.78 is 0. The predicted molar refractivity (Wildman–Crippen MR) is 105 cm³/mol. The molecular formula is C23H36. The van der Waals surface area contributed by atoms with E-state index < -0.39 is 0 Å². The molecule has 128 valence electrons. The summed E-state index contributed by atoms with van der Waals surface area (Å²) in [5, 5.41) is 0. The average molecular weight is 313 g/mol. The molecule has 23 heavy (non-hydrogen) atoms. The summed E-state index contributed by atoms with van der Waals surface area (Å²) in [5.41, 5.74) is 8.89. The van der Waals surface area contributed by atoms with E-state index in [0.29, 0.717) is 0 Å². The molecule has 0 spiro atoms. The van der Waals surface area contributed by atoms with Gasteiger partial charge >= 0.3 is 0 Å². The van der Waals surface area contributed by atoms with E-state index in [0.717, 1.165) is 6.42 Å². The van der Waals surface area contributed by atoms with Crippen LogP contribution in [0.1, 0.15) is 82.1 Å². The maximum atomic E-state index is 2.42. The number of benzene rings is 1. The molecule has 0 atom stereocenters. The fraction of sp³-hybridized carbons (Fsp3) is 0.565. The number of unbranched alkanes of at least 4 members (excludes halogenated alkanes) is 2. The quantitative estimate of drug-likeness (QED) is 0.332. The first-order valence-corrected chi connectivity index (χ1v) is 9.32. The molecule has 0 aliphatic heterocycles. The van der Waals surface area contributed by atoms with Crippen molar-refractivity contribution < 1.29 is 0 Å². The Morgan fingerprint density at radius 3 is 2.17 bits per heavy atom. The van der Waals surface area contributed by atoms with Gasteiger partial charge in [-0.25, -0.2) is 0 Å². The zero-order valence-corrected chi connectivity index (χ0v) is 16.3. The van der Waals surface area contributed by atoms with Crippen LogP contribution in [0.3, 0.4) is 0 Å². The van der Waals surface area contributed by atoms with Crippen molar-refractivity contribution >= 4 is 0 Å². The largest absolute Gasteiger partial charge is 0.0856 e. The van der Waals surface area contributed by atoms with Gasteiger partial charge in [-0.15, -0.1) is 0 Å². The summed E-state index contributed by atoms with van der Waals surface area (Å²) in [6.45, 7) is 13.4. The van der Waals surface area contributed by atoms with Crippen molar-refractivity contribution in [1.82, 2.24) is 0 Å². The molecule has 0 aromatic heterocycles. The molecule has 0 bridgehead atoms. The number of aryl methyl sites for hydroxylation is 3. The molecule has 0 aliphatic carbocycles. The summed E-state index contributed by atoms with van der Waals surface area (Å²) in [4.78, 5) is 0. The molecule has 0 saturated carbocycles. The Morgan fingerprint density at radius 1 is 0.957 bits per heavy atom. The highest BCUT2D eigenvalue weighted by Gasteiger charge is 2.04. The SMILES string of the molecule is CCCCCc1cc(C)c(C/C=C(\C)CCC=C(C)C)c(C)c1. The van der Waals surface area contributed by atoms with Gasteiger partial charge in [-0.1, -0.05) is 55.2 Å². The summed E-state index contributed by atoms with van der Waals surface area (Å²) in [6.07, 6.45) is 13.4. The monoisotopic (exact) mass is 312 g/mol. The lowest BCUT2D eigenvalue weighted by Gasteiger charge is -2.12. The average Bonchev–Trinajstić information content (AvgIpc) is 2.46. The molecule has 0 aliphatic rings. The molecule has 0 radical (unpaired) electrons. The maximum Gasteiger partial charge on any atom is -0.00896 e. The van der Waals surface area contributed by atoms with Crippen molar-refractivity contribution in [3.63, 3.8) is 0 Å². The third-order valence-corrected chi connectivity index (χ3v) is 4.57. The topological polar surface area (TPSA) is 0 Å². The van der Waals surface area contributed by atoms with Crippen LogP contribution >= 0.6 is 0 Å². The fourth-order valence-electron chi connectivity index (χ4n) is 3.10. The zero-order valence-electron chi connectivity index (χ0n) is 16.3. The zero-order chi connectivity index (χ0) is 17.2. The van der Waals surface area contributed by atoms with E-state index in [1.165, 1.54) is 71.9 Å². The lowest BCUT2D eigenvalue weighted by Crippen LogP contribution is -1.97. The smallest absolute Gasteiger partial charge is 0.00896 e. The van der Waals surface area contributed by atoms with Gasteiger partial charge in [-0.2, -0.15) is 0 Å². The molecule has 0 fully saturated rings. The van der Waals surface area contributed by atoms with E-state index >= 15 is 0 Å². The van der Waals surface area contributed by atoms with Crippen LogP contribution in [0.4, 0.5) is 0 Å². The number of rotatable bonds is 9. The van der Waals surface area contributed by atoms with E-state index in [1.807, 2.05) is 0 Å². The van der Waals surface area contributed by atoms with Crippen molar-refractivity contribution in [1.29, 1.82) is 0 Å². The van der Waals surface area contributed by atoms with Crippen LogP contribution in [0.5, 0.6) is 0 Å². The Hall–Kier alpha value is -1.30. The van der Waals surface area contributed by atoms with Crippen molar-refractivity contribution in [3.05, 3.63) is 57.7 Å². The van der Waals surface area contributed by atoms with E-state index in [1.54, 1.807) is 0 Å². The Bertz CT molecular complexity index is 516. The van der Waals surface area contributed by atoms with E-state index in [9.17, 15) is 0 Å². The van der Waals surface area contributed by atoms with Crippen LogP contribution < -0.4 is 0 Å². The number of hydrogen-bond acceptors (Lipinski definition) is 0. The minimum atomic E-state index is 1.08. The van der Waals surface area contributed by atoms with Crippen molar-refractivity contribution in [2.24, 2.45) is 0 Å². The molecule has 0 saturated heterocycles. The second kappa shape index (κ2) is 10.5. The van der Waals surface area contributed by atoms with Crippen LogP contribution in [0, 0.1) is 13.8 Å². The van der Waals surface area contributed by atoms with Crippen LogP contribution in [-0.2, 0) is 12.8 Å². The van der Waals surface area contributed by atoms with E-state index in [4.69, 9.17) is 0 Å². The lowest BCUT2D eigenvalue weighted by atomic mass is 9.94. The molecule has 1 aromatic carbocycles. The highest BCUT2D eigenvalue weighted by atomic mass is 14.1. The Morgan fingerprint density at radius 2 is 1.61 bits per heavy atom. The first kappa shape index (κ1) is 19.7. The van der Waals surface area contributed by atoms with Crippen LogP contribution in [0.25, 0.3) is 0 Å². The normalized spacial score (nSPS) is 11.7. The Balaban J connectivity index is 2.67. The first-order chi connectivity index (χ1) is 10.9. The van der Waals surface area contributed by atoms with Crippen molar-refractivity contribution in [2.45, 2.75) is 86.5 Å². The van der Waals surface area contributed by atoms with Gasteiger partial charge in [0.15, 0.2) is 0 Å². The molecule has 1 rings (SSSR count). The molecule has 1 aromatic rings. The Kier molecular flexibility index (Phi) is 8.99. The summed E-state index contributed by atoms with van der Waals surface area (Å²) >= 11 is 0. The van der Waals surface area contributed by atoms with Crippen LogP contribution in [-0.4, -0.2) is 0 Å². The van der Waals surface area contributed by atoms with Crippen LogP contribution in [0.2, 0.25) is 0 Å². The van der Waals surface area contributed by atoms with Gasteiger partial charge in [0.05, 0.1) is 0 Å². The number of hydrogen-bond donors (Lipinski definition) is 0. The summed E-state index contributed by atoms with van der Waals surface area (Å²) in [5.74, 6) is 0. The van der Waals surface area contributed by atoms with Gasteiger partial charge in [0.1, 0.15) is 0 Å². The maximum absolute atomic E-state index is 2.42. The minimum absolute atomic E-state index is 1.08. The molecule has 0 heterocycles. The third-order valence-electron chi connectivity index (χ3n) is 4.57. The lowest BCUT2D eigenvalue weighted by molar-refractivity contribution is 0.716. The second-order valence-electron chi connectivity index (χ2n) is 7.24. The third kappa shape index (κ3) is 7.68. The standard InChI is InChI=1S/C23H36/c1-7-8-9-13-22-16-20(5)23(21(6)17-22)15-14-19(4)12-10-11-18(2)3/h11,14,16-17H,7-10,12-13,15H2,1-6H3/b19-14+. The fourth-order valence-corrected chi connectivity index (χ4v) is 3.10. The molecule has 0 heteroatoms. The van der Waals surface area contributed by atoms with Crippen LogP contribution in [0.15, 0.2) is 35.4 Å². The number of allylic oxidation sites excluding steroid dienone is 4. The highest BCUT2D eigenvalue weighted by molar-refractivity contribution is 5.39. The van der Waals surface area contributed by atoms with Gasteiger partial charge in [0.2, 0.25) is 0 Å². The molecule has 0 amide bonds. The second-order valence-corrected chi connectivity index (χ2v) is 7.24. The summed E-state index contributed by atoms with van der Waals surface area (Å²) in [7, 11) is 0. The Labute approximate surface area is 144 Å². The van der Waals surface area contributed by atoms with Gasteiger partial charge in [0.25, 0.3) is 0 Å². The van der Waals surface area contributed by atoms with Gasteiger partial charge in [-0.05, 0) is 89.0 Å². The van der Waals surface area contributed by atoms with E-state index in [2.05, 4.69) is 65.8 Å². The molecule has 0 unspecified atom stereocenters. The van der Waals surface area contributed by atoms with Gasteiger partial charge in [0, 0.05) is 0 Å². The minimum Gasteiger partial charge on any atom is -0.0856 e. The molecular weight excluding hydrogens is 276 g/mol. The highest BCUT2D eigenvalue weighted by Crippen LogP contribution is 2.20. The predicted octanol–water partition coefficient (Wildman–Crippen LogP) is 7.27. The first-order valence-electron chi connectivity index (χ1n) is 9.32.